The maximum Gasteiger partial charge on any atom is 0.269 e. The number of carbonyl (C=O) groups is 1. The van der Waals surface area contributed by atoms with Crippen molar-refractivity contribution in [1.29, 1.82) is 5.26 Å². The predicted molar refractivity (Wildman–Crippen MR) is 106 cm³/mol. The summed E-state index contributed by atoms with van der Waals surface area (Å²) in [6.07, 6.45) is 2.15. The van der Waals surface area contributed by atoms with E-state index in [9.17, 15) is 28.6 Å². The first kappa shape index (κ1) is 20.8. The molecule has 0 atom stereocenters. The lowest BCUT2D eigenvalue weighted by Crippen LogP contribution is -2.13. The molecule has 3 aromatic rings. The van der Waals surface area contributed by atoms with Gasteiger partial charge in [-0.3, -0.25) is 20.2 Å². The lowest BCUT2D eigenvalue weighted by Gasteiger charge is -1.99. The summed E-state index contributed by atoms with van der Waals surface area (Å²) in [5.74, 6) is -0.234. The molecule has 11 nitrogen and oxygen atoms in total. The Balaban J connectivity index is 1.77. The van der Waals surface area contributed by atoms with Gasteiger partial charge in [0.2, 0.25) is 19.3 Å². The highest BCUT2D eigenvalue weighted by molar-refractivity contribution is 7.92. The molecule has 0 aliphatic carbocycles. The number of hydrogen-bond acceptors (Lipinski definition) is 10. The van der Waals surface area contributed by atoms with Gasteiger partial charge in [0.25, 0.3) is 11.6 Å². The van der Waals surface area contributed by atoms with E-state index >= 15 is 0 Å². The Morgan fingerprint density at radius 3 is 2.53 bits per heavy atom. The van der Waals surface area contributed by atoms with Crippen LogP contribution in [0.25, 0.3) is 17.4 Å². The van der Waals surface area contributed by atoms with Crippen LogP contribution in [-0.2, 0) is 14.6 Å². The first-order valence-corrected chi connectivity index (χ1v) is 10.7. The van der Waals surface area contributed by atoms with Crippen molar-refractivity contribution in [2.45, 2.75) is 4.34 Å². The number of nitro benzene ring substituents is 1. The van der Waals surface area contributed by atoms with E-state index in [2.05, 4.69) is 15.5 Å². The summed E-state index contributed by atoms with van der Waals surface area (Å²) in [4.78, 5) is 22.5. The standard InChI is InChI=1S/C17H11N5O6S2/c1-30(26,27)17-21-20-16(29-17)19-15(23)11(9-18)8-13-6-7-14(28-13)10-2-4-12(5-3-10)22(24)25/h2-8H,1H3,(H,19,20,23)/b11-8-. The van der Waals surface area contributed by atoms with E-state index in [1.807, 2.05) is 0 Å². The zero-order valence-electron chi connectivity index (χ0n) is 15.1. The van der Waals surface area contributed by atoms with Gasteiger partial charge in [-0.25, -0.2) is 8.42 Å². The molecule has 0 unspecified atom stereocenters. The van der Waals surface area contributed by atoms with Gasteiger partial charge in [-0.2, -0.15) is 5.26 Å². The molecule has 30 heavy (non-hydrogen) atoms. The summed E-state index contributed by atoms with van der Waals surface area (Å²) in [7, 11) is -3.56. The van der Waals surface area contributed by atoms with Crippen LogP contribution in [-0.4, -0.2) is 35.7 Å². The molecule has 0 aliphatic rings. The van der Waals surface area contributed by atoms with E-state index in [0.717, 1.165) is 6.26 Å². The molecule has 0 fully saturated rings. The second-order valence-corrected chi connectivity index (χ2v) is 8.94. The molecule has 0 saturated heterocycles. The molecule has 1 aromatic carbocycles. The minimum absolute atomic E-state index is 0.0652. The van der Waals surface area contributed by atoms with Crippen molar-refractivity contribution < 1.29 is 22.6 Å². The van der Waals surface area contributed by atoms with Crippen molar-refractivity contribution in [3.8, 4) is 17.4 Å². The Kier molecular flexibility index (Phi) is 5.72. The lowest BCUT2D eigenvalue weighted by molar-refractivity contribution is -0.384. The molecule has 0 aliphatic heterocycles. The minimum atomic E-state index is -3.56. The molecule has 0 saturated carbocycles. The summed E-state index contributed by atoms with van der Waals surface area (Å²) < 4.78 is 28.1. The molecule has 3 rings (SSSR count). The minimum Gasteiger partial charge on any atom is -0.457 e. The second-order valence-electron chi connectivity index (χ2n) is 5.78. The molecule has 0 radical (unpaired) electrons. The van der Waals surface area contributed by atoms with Gasteiger partial charge < -0.3 is 4.42 Å². The number of non-ortho nitro benzene ring substituents is 1. The number of furan rings is 1. The molecule has 152 valence electrons. The molecule has 13 heteroatoms. The quantitative estimate of drug-likeness (QED) is 0.197. The highest BCUT2D eigenvalue weighted by atomic mass is 32.2. The van der Waals surface area contributed by atoms with Gasteiger partial charge in [-0.1, -0.05) is 11.3 Å². The Hall–Kier alpha value is -3.89. The number of nitrogens with one attached hydrogen (secondary N) is 1. The maximum atomic E-state index is 12.3. The van der Waals surface area contributed by atoms with Gasteiger partial charge in [0.15, 0.2) is 0 Å². The van der Waals surface area contributed by atoms with Crippen molar-refractivity contribution in [3.05, 3.63) is 57.8 Å². The summed E-state index contributed by atoms with van der Waals surface area (Å²) in [5, 5.41) is 29.2. The number of sulfone groups is 1. The first-order valence-electron chi connectivity index (χ1n) is 7.99. The molecule has 0 bridgehead atoms. The number of rotatable bonds is 6. The number of nitrogens with zero attached hydrogens (tertiary/aromatic N) is 4. The van der Waals surface area contributed by atoms with Crippen molar-refractivity contribution in [3.63, 3.8) is 0 Å². The molecular weight excluding hydrogens is 434 g/mol. The zero-order chi connectivity index (χ0) is 21.9. The van der Waals surface area contributed by atoms with Crippen LogP contribution in [0.3, 0.4) is 0 Å². The van der Waals surface area contributed by atoms with Gasteiger partial charge in [0.1, 0.15) is 23.2 Å². The van der Waals surface area contributed by atoms with Gasteiger partial charge >= 0.3 is 0 Å². The highest BCUT2D eigenvalue weighted by Crippen LogP contribution is 2.26. The zero-order valence-corrected chi connectivity index (χ0v) is 16.7. The summed E-state index contributed by atoms with van der Waals surface area (Å²) in [5.41, 5.74) is 0.200. The monoisotopic (exact) mass is 445 g/mol. The number of anilines is 1. The molecular formula is C17H11N5O6S2. The fourth-order valence-corrected chi connectivity index (χ4v) is 3.70. The number of nitro groups is 1. The molecule has 1 N–H and O–H groups in total. The second kappa shape index (κ2) is 8.23. The molecule has 2 heterocycles. The van der Waals surface area contributed by atoms with Gasteiger partial charge in [0.05, 0.1) is 4.92 Å². The van der Waals surface area contributed by atoms with E-state index in [1.54, 1.807) is 12.1 Å². The lowest BCUT2D eigenvalue weighted by atomic mass is 10.1. The summed E-state index contributed by atoms with van der Waals surface area (Å²) >= 11 is 0.657. The Morgan fingerprint density at radius 2 is 1.97 bits per heavy atom. The average molecular weight is 445 g/mol. The normalized spacial score (nSPS) is 11.7. The van der Waals surface area contributed by atoms with E-state index in [-0.39, 0.29) is 26.5 Å². The smallest absolute Gasteiger partial charge is 0.269 e. The van der Waals surface area contributed by atoms with Crippen molar-refractivity contribution in [2.75, 3.05) is 11.6 Å². The van der Waals surface area contributed by atoms with Crippen LogP contribution >= 0.6 is 11.3 Å². The van der Waals surface area contributed by atoms with Crippen molar-refractivity contribution in [1.82, 2.24) is 10.2 Å². The fraction of sp³-hybridized carbons (Fsp3) is 0.0588. The van der Waals surface area contributed by atoms with E-state index in [1.165, 1.54) is 36.4 Å². The molecule has 1 amide bonds. The first-order chi connectivity index (χ1) is 14.2. The van der Waals surface area contributed by atoms with E-state index < -0.39 is 20.7 Å². The molecule has 0 spiro atoms. The molecule has 2 aromatic heterocycles. The third-order valence-electron chi connectivity index (χ3n) is 3.59. The Labute approximate surface area is 173 Å². The number of aromatic nitrogens is 2. The fourth-order valence-electron chi connectivity index (χ4n) is 2.20. The van der Waals surface area contributed by atoms with Gasteiger partial charge in [-0.15, -0.1) is 10.2 Å². The van der Waals surface area contributed by atoms with Crippen LogP contribution in [0.15, 0.2) is 50.7 Å². The van der Waals surface area contributed by atoms with Crippen LogP contribution in [0, 0.1) is 21.4 Å². The number of carbonyl (C=O) groups excluding carboxylic acids is 1. The van der Waals surface area contributed by atoms with Gasteiger partial charge in [0, 0.05) is 30.0 Å². The topological polar surface area (TPSA) is 169 Å². The third-order valence-corrected chi connectivity index (χ3v) is 6.09. The summed E-state index contributed by atoms with van der Waals surface area (Å²) in [6.45, 7) is 0. The van der Waals surface area contributed by atoms with Crippen LogP contribution in [0.2, 0.25) is 0 Å². The number of hydrogen-bond donors (Lipinski definition) is 1. The third kappa shape index (κ3) is 4.74. The predicted octanol–water partition coefficient (Wildman–Crippen LogP) is 2.66. The number of amides is 1. The highest BCUT2D eigenvalue weighted by Gasteiger charge is 2.18. The van der Waals surface area contributed by atoms with Crippen LogP contribution in [0.1, 0.15) is 5.76 Å². The maximum absolute atomic E-state index is 12.3. The Morgan fingerprint density at radius 1 is 1.27 bits per heavy atom. The van der Waals surface area contributed by atoms with Crippen molar-refractivity contribution in [2.24, 2.45) is 0 Å². The van der Waals surface area contributed by atoms with Crippen LogP contribution in [0.5, 0.6) is 0 Å². The Bertz CT molecular complexity index is 1300. The van der Waals surface area contributed by atoms with Crippen molar-refractivity contribution >= 4 is 44.0 Å². The van der Waals surface area contributed by atoms with E-state index in [4.69, 9.17) is 4.42 Å². The van der Waals surface area contributed by atoms with Crippen LogP contribution < -0.4 is 5.32 Å². The largest absolute Gasteiger partial charge is 0.457 e. The van der Waals surface area contributed by atoms with E-state index in [0.29, 0.717) is 22.7 Å². The number of nitriles is 1. The van der Waals surface area contributed by atoms with Gasteiger partial charge in [-0.05, 0) is 24.3 Å². The van der Waals surface area contributed by atoms with Crippen LogP contribution in [0.4, 0.5) is 10.8 Å². The average Bonchev–Trinajstić information content (AvgIpc) is 3.35. The SMILES string of the molecule is CS(=O)(=O)c1nnc(NC(=O)/C(C#N)=C\c2ccc(-c3ccc([N+](=O)[O-])cc3)o2)s1. The number of benzene rings is 1. The summed E-state index contributed by atoms with van der Waals surface area (Å²) in [6, 6.07) is 10.5.